The topological polar surface area (TPSA) is 123 Å². The first-order valence-corrected chi connectivity index (χ1v) is 11.7. The van der Waals surface area contributed by atoms with Crippen LogP contribution in [-0.2, 0) is 10.0 Å². The number of aromatic nitrogens is 4. The molecule has 0 bridgehead atoms. The number of pyridine rings is 1. The maximum Gasteiger partial charge on any atom is 0.244 e. The molecule has 2 aliphatic carbocycles. The number of nitrogens with zero attached hydrogens (tertiary/aromatic N) is 5. The summed E-state index contributed by atoms with van der Waals surface area (Å²) in [7, 11) is -2.15. The van der Waals surface area contributed by atoms with E-state index in [9.17, 15) is 13.7 Å². The van der Waals surface area contributed by atoms with Crippen LogP contribution in [0.2, 0.25) is 0 Å². The van der Waals surface area contributed by atoms with Crippen LogP contribution in [0.5, 0.6) is 5.75 Å². The van der Waals surface area contributed by atoms with Gasteiger partial charge in [-0.1, -0.05) is 0 Å². The lowest BCUT2D eigenvalue weighted by Crippen LogP contribution is -2.34. The Kier molecular flexibility index (Phi) is 4.50. The molecule has 3 aromatic heterocycles. The highest BCUT2D eigenvalue weighted by molar-refractivity contribution is 7.89. The first-order chi connectivity index (χ1) is 14.8. The van der Waals surface area contributed by atoms with Gasteiger partial charge < -0.3 is 9.30 Å². The highest BCUT2D eigenvalue weighted by atomic mass is 32.2. The summed E-state index contributed by atoms with van der Waals surface area (Å²) in [5, 5.41) is 10.6. The Balaban J connectivity index is 1.63. The van der Waals surface area contributed by atoms with Gasteiger partial charge in [0, 0.05) is 17.0 Å². The average molecular weight is 439 g/mol. The van der Waals surface area contributed by atoms with Crippen molar-refractivity contribution in [2.45, 2.75) is 55.5 Å². The standard InChI is InChI=1S/C21H22N6O3S/c1-21(6-7-21)26-31(28,29)15-11-23-19(24-12-15)18-17(9-22)16-8-14(30-2)10-25-20(16)27(18)13-4-3-5-13/h8,10-13,26H,3-7H2,1-2H3. The molecule has 0 spiro atoms. The number of nitriles is 1. The van der Waals surface area contributed by atoms with Crippen molar-refractivity contribution in [3.8, 4) is 23.3 Å². The summed E-state index contributed by atoms with van der Waals surface area (Å²) in [5.41, 5.74) is 1.27. The van der Waals surface area contributed by atoms with E-state index in [1.165, 1.54) is 12.4 Å². The number of sulfonamides is 1. The first-order valence-electron chi connectivity index (χ1n) is 10.2. The summed E-state index contributed by atoms with van der Waals surface area (Å²) in [5.74, 6) is 0.861. The van der Waals surface area contributed by atoms with Gasteiger partial charge in [-0.3, -0.25) is 0 Å². The van der Waals surface area contributed by atoms with Crippen LogP contribution in [0.25, 0.3) is 22.6 Å². The first kappa shape index (κ1) is 19.9. The predicted octanol–water partition coefficient (Wildman–Crippen LogP) is 2.93. The molecule has 0 amide bonds. The second-order valence-electron chi connectivity index (χ2n) is 8.44. The third-order valence-electron chi connectivity index (χ3n) is 6.14. The van der Waals surface area contributed by atoms with Gasteiger partial charge in [0.05, 0.1) is 31.3 Å². The Labute approximate surface area is 180 Å². The van der Waals surface area contributed by atoms with Crippen LogP contribution in [0.15, 0.2) is 29.6 Å². The molecule has 2 saturated carbocycles. The molecule has 31 heavy (non-hydrogen) atoms. The van der Waals surface area contributed by atoms with E-state index < -0.39 is 10.0 Å². The number of rotatable bonds is 6. The van der Waals surface area contributed by atoms with Crippen LogP contribution in [-0.4, -0.2) is 40.6 Å². The predicted molar refractivity (Wildman–Crippen MR) is 113 cm³/mol. The smallest absolute Gasteiger partial charge is 0.244 e. The van der Waals surface area contributed by atoms with Crippen LogP contribution in [0, 0.1) is 11.3 Å². The molecule has 10 heteroatoms. The minimum Gasteiger partial charge on any atom is -0.495 e. The van der Waals surface area contributed by atoms with Gasteiger partial charge in [-0.2, -0.15) is 5.26 Å². The monoisotopic (exact) mass is 438 g/mol. The molecule has 5 rings (SSSR count). The van der Waals surface area contributed by atoms with Gasteiger partial charge in [0.1, 0.15) is 28.1 Å². The fourth-order valence-electron chi connectivity index (χ4n) is 3.86. The van der Waals surface area contributed by atoms with Crippen molar-refractivity contribution in [3.05, 3.63) is 30.2 Å². The molecule has 0 aromatic carbocycles. The van der Waals surface area contributed by atoms with E-state index in [4.69, 9.17) is 4.74 Å². The van der Waals surface area contributed by atoms with E-state index >= 15 is 0 Å². The van der Waals surface area contributed by atoms with Crippen LogP contribution < -0.4 is 9.46 Å². The van der Waals surface area contributed by atoms with E-state index in [2.05, 4.69) is 25.7 Å². The highest BCUT2D eigenvalue weighted by Gasteiger charge is 2.41. The van der Waals surface area contributed by atoms with E-state index in [1.54, 1.807) is 19.4 Å². The molecule has 160 valence electrons. The average Bonchev–Trinajstić information content (AvgIpc) is 3.35. The molecule has 0 radical (unpaired) electrons. The van der Waals surface area contributed by atoms with Crippen LogP contribution in [0.3, 0.4) is 0 Å². The molecule has 2 fully saturated rings. The second-order valence-corrected chi connectivity index (χ2v) is 10.1. The SMILES string of the molecule is COc1cnc2c(c1)c(C#N)c(-c1ncc(S(=O)(=O)NC3(C)CC3)cn1)n2C1CCC1. The van der Waals surface area contributed by atoms with Crippen molar-refractivity contribution in [1.29, 1.82) is 5.26 Å². The van der Waals surface area contributed by atoms with E-state index in [1.807, 2.05) is 11.5 Å². The fourth-order valence-corrected chi connectivity index (χ4v) is 5.22. The van der Waals surface area contributed by atoms with Gasteiger partial charge in [0.2, 0.25) is 10.0 Å². The molecule has 2 aliphatic rings. The number of hydrogen-bond acceptors (Lipinski definition) is 7. The van der Waals surface area contributed by atoms with Gasteiger partial charge in [-0.05, 0) is 45.1 Å². The maximum absolute atomic E-state index is 12.6. The molecule has 0 aliphatic heterocycles. The third-order valence-corrected chi connectivity index (χ3v) is 7.73. The highest BCUT2D eigenvalue weighted by Crippen LogP contribution is 2.41. The summed E-state index contributed by atoms with van der Waals surface area (Å²) in [4.78, 5) is 13.3. The molecule has 3 heterocycles. The van der Waals surface area contributed by atoms with Crippen LogP contribution >= 0.6 is 0 Å². The van der Waals surface area contributed by atoms with Crippen molar-refractivity contribution in [2.24, 2.45) is 0 Å². The molecule has 0 saturated heterocycles. The quantitative estimate of drug-likeness (QED) is 0.628. The normalized spacial score (nSPS) is 17.8. The second kappa shape index (κ2) is 7.00. The molecule has 3 aromatic rings. The maximum atomic E-state index is 12.6. The fraction of sp³-hybridized carbons (Fsp3) is 0.429. The van der Waals surface area contributed by atoms with Crippen molar-refractivity contribution < 1.29 is 13.2 Å². The Bertz CT molecular complexity index is 1320. The molecule has 1 N–H and O–H groups in total. The molecule has 9 nitrogen and oxygen atoms in total. The summed E-state index contributed by atoms with van der Waals surface area (Å²) in [6.45, 7) is 1.87. The van der Waals surface area contributed by atoms with Gasteiger partial charge >= 0.3 is 0 Å². The Hall–Kier alpha value is -3.03. The lowest BCUT2D eigenvalue weighted by molar-refractivity contribution is 0.322. The molecular formula is C21H22N6O3S. The van der Waals surface area contributed by atoms with Crippen molar-refractivity contribution in [1.82, 2.24) is 24.2 Å². The molecular weight excluding hydrogens is 416 g/mol. The summed E-state index contributed by atoms with van der Waals surface area (Å²) in [6, 6.07) is 4.26. The third kappa shape index (κ3) is 3.34. The van der Waals surface area contributed by atoms with Gasteiger partial charge in [-0.25, -0.2) is 28.1 Å². The number of hydrogen-bond donors (Lipinski definition) is 1. The Morgan fingerprint density at radius 2 is 1.94 bits per heavy atom. The zero-order chi connectivity index (χ0) is 21.8. The molecule has 0 unspecified atom stereocenters. The van der Waals surface area contributed by atoms with Crippen molar-refractivity contribution in [2.75, 3.05) is 7.11 Å². The summed E-state index contributed by atoms with van der Waals surface area (Å²) < 4.78 is 35.3. The van der Waals surface area contributed by atoms with E-state index in [0.29, 0.717) is 33.9 Å². The Morgan fingerprint density at radius 3 is 2.48 bits per heavy atom. The molecule has 0 atom stereocenters. The van der Waals surface area contributed by atoms with Gasteiger partial charge in [0.25, 0.3) is 0 Å². The number of nitrogens with one attached hydrogen (secondary N) is 1. The lowest BCUT2D eigenvalue weighted by atomic mass is 9.92. The van der Waals surface area contributed by atoms with Crippen LogP contribution in [0.4, 0.5) is 0 Å². The summed E-state index contributed by atoms with van der Waals surface area (Å²) in [6.07, 6.45) is 8.91. The Morgan fingerprint density at radius 1 is 1.23 bits per heavy atom. The zero-order valence-corrected chi connectivity index (χ0v) is 18.1. The van der Waals surface area contributed by atoms with Crippen molar-refractivity contribution >= 4 is 21.1 Å². The van der Waals surface area contributed by atoms with E-state index in [0.717, 1.165) is 32.1 Å². The minimum absolute atomic E-state index is 0.00832. The lowest BCUT2D eigenvalue weighted by Gasteiger charge is -2.29. The number of ether oxygens (including phenoxy) is 1. The minimum atomic E-state index is -3.70. The largest absolute Gasteiger partial charge is 0.495 e. The number of fused-ring (bicyclic) bond motifs is 1. The summed E-state index contributed by atoms with van der Waals surface area (Å²) >= 11 is 0. The van der Waals surface area contributed by atoms with Gasteiger partial charge in [-0.15, -0.1) is 0 Å². The van der Waals surface area contributed by atoms with Gasteiger partial charge in [0.15, 0.2) is 5.82 Å². The van der Waals surface area contributed by atoms with E-state index in [-0.39, 0.29) is 16.5 Å². The van der Waals surface area contributed by atoms with Crippen LogP contribution in [0.1, 0.15) is 50.6 Å². The van der Waals surface area contributed by atoms with Crippen molar-refractivity contribution in [3.63, 3.8) is 0 Å². The number of methoxy groups -OCH3 is 1. The zero-order valence-electron chi connectivity index (χ0n) is 17.3.